The summed E-state index contributed by atoms with van der Waals surface area (Å²) >= 11 is 3.17. The van der Waals surface area contributed by atoms with Crippen LogP contribution in [0.1, 0.15) is 35.0 Å². The quantitative estimate of drug-likeness (QED) is 0.804. The molecule has 5 nitrogen and oxygen atoms in total. The highest BCUT2D eigenvalue weighted by molar-refractivity contribution is 9.10. The van der Waals surface area contributed by atoms with Crippen LogP contribution in [0.2, 0.25) is 0 Å². The fraction of sp³-hybridized carbons (Fsp3) is 0.294. The Labute approximate surface area is 142 Å². The van der Waals surface area contributed by atoms with E-state index in [1.54, 1.807) is 44.2 Å². The Balaban J connectivity index is 2.24. The van der Waals surface area contributed by atoms with Crippen LogP contribution in [0.3, 0.4) is 0 Å². The largest absolute Gasteiger partial charge is 0.481 e. The van der Waals surface area contributed by atoms with Crippen LogP contribution in [-0.4, -0.2) is 23.5 Å². The number of amides is 1. The van der Waals surface area contributed by atoms with Gasteiger partial charge in [-0.25, -0.2) is 0 Å². The third-order valence-corrected chi connectivity index (χ3v) is 4.37. The number of nitrogens with one attached hydrogen (secondary N) is 1. The predicted molar refractivity (Wildman–Crippen MR) is 89.5 cm³/mol. The molecule has 1 atom stereocenters. The van der Waals surface area contributed by atoms with Crippen molar-refractivity contribution in [3.8, 4) is 0 Å². The highest BCUT2D eigenvalue weighted by Crippen LogP contribution is 2.28. The molecule has 2 rings (SSSR count). The Morgan fingerprint density at radius 1 is 1.30 bits per heavy atom. The third-order valence-electron chi connectivity index (χ3n) is 3.98. The molecule has 0 fully saturated rings. The Kier molecular flexibility index (Phi) is 5.26. The monoisotopic (exact) mass is 379 g/mol. The van der Waals surface area contributed by atoms with Crippen LogP contribution in [0.15, 0.2) is 45.5 Å². The SMILES string of the molecule is CCC(CNC(=O)c1oc(Br)cc1C)(C(=O)O)c1ccccc1. The number of carboxylic acid groups (broad SMARTS) is 1. The fourth-order valence-electron chi connectivity index (χ4n) is 2.52. The number of aryl methyl sites for hydroxylation is 1. The summed E-state index contributed by atoms with van der Waals surface area (Å²) in [6, 6.07) is 10.6. The molecule has 1 unspecified atom stereocenters. The van der Waals surface area contributed by atoms with Crippen LogP contribution in [0.25, 0.3) is 0 Å². The molecule has 122 valence electrons. The van der Waals surface area contributed by atoms with Gasteiger partial charge in [-0.1, -0.05) is 37.3 Å². The van der Waals surface area contributed by atoms with E-state index >= 15 is 0 Å². The van der Waals surface area contributed by atoms with E-state index in [1.165, 1.54) is 0 Å². The maximum atomic E-state index is 12.3. The van der Waals surface area contributed by atoms with Gasteiger partial charge in [-0.3, -0.25) is 9.59 Å². The van der Waals surface area contributed by atoms with E-state index in [2.05, 4.69) is 21.2 Å². The molecular formula is C17H18BrNO4. The highest BCUT2D eigenvalue weighted by atomic mass is 79.9. The van der Waals surface area contributed by atoms with Gasteiger partial charge in [0.25, 0.3) is 5.91 Å². The first-order valence-corrected chi connectivity index (χ1v) is 8.03. The van der Waals surface area contributed by atoms with Gasteiger partial charge in [-0.05, 0) is 40.9 Å². The summed E-state index contributed by atoms with van der Waals surface area (Å²) in [4.78, 5) is 24.2. The van der Waals surface area contributed by atoms with Crippen molar-refractivity contribution in [3.05, 3.63) is 58.0 Å². The zero-order valence-corrected chi connectivity index (χ0v) is 14.5. The van der Waals surface area contributed by atoms with Gasteiger partial charge < -0.3 is 14.8 Å². The molecule has 2 aromatic rings. The topological polar surface area (TPSA) is 79.5 Å². The van der Waals surface area contributed by atoms with Crippen molar-refractivity contribution < 1.29 is 19.1 Å². The number of hydrogen-bond acceptors (Lipinski definition) is 3. The lowest BCUT2D eigenvalue weighted by Crippen LogP contribution is -2.46. The summed E-state index contributed by atoms with van der Waals surface area (Å²) < 4.78 is 5.76. The fourth-order valence-corrected chi connectivity index (χ4v) is 3.02. The summed E-state index contributed by atoms with van der Waals surface area (Å²) in [6.07, 6.45) is 0.355. The van der Waals surface area contributed by atoms with E-state index in [9.17, 15) is 14.7 Å². The van der Waals surface area contributed by atoms with Gasteiger partial charge in [0.2, 0.25) is 0 Å². The van der Waals surface area contributed by atoms with Gasteiger partial charge in [-0.15, -0.1) is 0 Å². The number of rotatable bonds is 6. The van der Waals surface area contributed by atoms with Crippen molar-refractivity contribution in [2.45, 2.75) is 25.7 Å². The molecule has 1 aromatic heterocycles. The van der Waals surface area contributed by atoms with Crippen LogP contribution >= 0.6 is 15.9 Å². The summed E-state index contributed by atoms with van der Waals surface area (Å²) in [5.74, 6) is -1.22. The molecule has 1 amide bonds. The minimum atomic E-state index is -1.17. The Bertz CT molecular complexity index is 711. The third kappa shape index (κ3) is 3.47. The second kappa shape index (κ2) is 7.00. The first-order chi connectivity index (χ1) is 10.9. The van der Waals surface area contributed by atoms with Gasteiger partial charge in [0.1, 0.15) is 5.41 Å². The molecule has 0 spiro atoms. The predicted octanol–water partition coefficient (Wildman–Crippen LogP) is 3.51. The molecular weight excluding hydrogens is 362 g/mol. The molecule has 0 radical (unpaired) electrons. The normalized spacial score (nSPS) is 13.3. The molecule has 0 aliphatic heterocycles. The molecule has 0 aliphatic carbocycles. The van der Waals surface area contributed by atoms with Crippen molar-refractivity contribution in [3.63, 3.8) is 0 Å². The lowest BCUT2D eigenvalue weighted by Gasteiger charge is -2.28. The molecule has 0 saturated heterocycles. The Morgan fingerprint density at radius 3 is 2.43 bits per heavy atom. The first kappa shape index (κ1) is 17.3. The maximum Gasteiger partial charge on any atom is 0.315 e. The van der Waals surface area contributed by atoms with E-state index in [-0.39, 0.29) is 12.3 Å². The van der Waals surface area contributed by atoms with E-state index in [1.807, 2.05) is 6.07 Å². The van der Waals surface area contributed by atoms with Crippen molar-refractivity contribution in [1.29, 1.82) is 0 Å². The molecule has 0 bridgehead atoms. The number of furan rings is 1. The van der Waals surface area contributed by atoms with E-state index in [0.717, 1.165) is 0 Å². The number of carboxylic acids is 1. The minimum Gasteiger partial charge on any atom is -0.481 e. The standard InChI is InChI=1S/C17H18BrNO4/c1-3-17(16(21)22,12-7-5-4-6-8-12)10-19-15(20)14-11(2)9-13(18)23-14/h4-9H,3,10H2,1-2H3,(H,19,20)(H,21,22). The number of benzene rings is 1. The molecule has 2 N–H and O–H groups in total. The van der Waals surface area contributed by atoms with Gasteiger partial charge in [-0.2, -0.15) is 0 Å². The van der Waals surface area contributed by atoms with Gasteiger partial charge in [0, 0.05) is 12.1 Å². The molecule has 1 heterocycles. The van der Waals surface area contributed by atoms with Crippen molar-refractivity contribution in [2.75, 3.05) is 6.54 Å². The van der Waals surface area contributed by atoms with E-state index in [4.69, 9.17) is 4.42 Å². The summed E-state index contributed by atoms with van der Waals surface area (Å²) in [7, 11) is 0. The van der Waals surface area contributed by atoms with Gasteiger partial charge >= 0.3 is 5.97 Å². The number of aliphatic carboxylic acids is 1. The van der Waals surface area contributed by atoms with Crippen LogP contribution in [0, 0.1) is 6.92 Å². The van der Waals surface area contributed by atoms with E-state index < -0.39 is 17.3 Å². The molecule has 0 saturated carbocycles. The highest BCUT2D eigenvalue weighted by Gasteiger charge is 2.39. The van der Waals surface area contributed by atoms with Crippen LogP contribution < -0.4 is 5.32 Å². The summed E-state index contributed by atoms with van der Waals surface area (Å²) in [6.45, 7) is 3.53. The zero-order chi connectivity index (χ0) is 17.0. The van der Waals surface area contributed by atoms with Crippen LogP contribution in [-0.2, 0) is 10.2 Å². The van der Waals surface area contributed by atoms with Crippen LogP contribution in [0.5, 0.6) is 0 Å². The molecule has 6 heteroatoms. The lowest BCUT2D eigenvalue weighted by molar-refractivity contribution is -0.143. The summed E-state index contributed by atoms with van der Waals surface area (Å²) in [5, 5.41) is 12.4. The maximum absolute atomic E-state index is 12.3. The average molecular weight is 380 g/mol. The number of hydrogen-bond donors (Lipinski definition) is 2. The second-order valence-corrected chi connectivity index (χ2v) is 6.13. The molecule has 0 aliphatic rings. The van der Waals surface area contributed by atoms with Crippen molar-refractivity contribution in [1.82, 2.24) is 5.32 Å². The van der Waals surface area contributed by atoms with Crippen molar-refractivity contribution in [2.24, 2.45) is 0 Å². The zero-order valence-electron chi connectivity index (χ0n) is 12.9. The second-order valence-electron chi connectivity index (χ2n) is 5.35. The van der Waals surface area contributed by atoms with Crippen LogP contribution in [0.4, 0.5) is 0 Å². The average Bonchev–Trinajstić information content (AvgIpc) is 2.87. The Hall–Kier alpha value is -2.08. The van der Waals surface area contributed by atoms with Gasteiger partial charge in [0.05, 0.1) is 0 Å². The smallest absolute Gasteiger partial charge is 0.315 e. The molecule has 1 aromatic carbocycles. The Morgan fingerprint density at radius 2 is 1.96 bits per heavy atom. The summed E-state index contributed by atoms with van der Waals surface area (Å²) in [5.41, 5.74) is 0.174. The lowest BCUT2D eigenvalue weighted by atomic mass is 9.78. The minimum absolute atomic E-state index is 0.0144. The number of carbonyl (C=O) groups excluding carboxylic acids is 1. The van der Waals surface area contributed by atoms with E-state index in [0.29, 0.717) is 22.2 Å². The first-order valence-electron chi connectivity index (χ1n) is 7.23. The van der Waals surface area contributed by atoms with Gasteiger partial charge in [0.15, 0.2) is 10.4 Å². The number of carbonyl (C=O) groups is 2. The molecule has 23 heavy (non-hydrogen) atoms. The number of halogens is 1. The van der Waals surface area contributed by atoms with Crippen molar-refractivity contribution >= 4 is 27.8 Å².